The smallest absolute Gasteiger partial charge is 0.410 e. The predicted octanol–water partition coefficient (Wildman–Crippen LogP) is 2.43. The maximum Gasteiger partial charge on any atom is 0.415 e. The van der Waals surface area contributed by atoms with E-state index in [1.54, 1.807) is 17.0 Å². The number of rotatable bonds is 5. The monoisotopic (exact) mass is 367 g/mol. The lowest BCUT2D eigenvalue weighted by Gasteiger charge is -2.33. The first-order valence-electron chi connectivity index (χ1n) is 9.16. The molecule has 0 unspecified atom stereocenters. The zero-order chi connectivity index (χ0) is 19.1. The highest BCUT2D eigenvalue weighted by molar-refractivity contribution is 5.78. The molecule has 2 amide bonds. The summed E-state index contributed by atoms with van der Waals surface area (Å²) in [4.78, 5) is 28.1. The molecule has 0 aromatic heterocycles. The molecule has 6 nitrogen and oxygen atoms in total. The van der Waals surface area contributed by atoms with Crippen molar-refractivity contribution in [3.8, 4) is 5.75 Å². The van der Waals surface area contributed by atoms with Gasteiger partial charge in [0.25, 0.3) is 0 Å². The highest BCUT2D eigenvalue weighted by Gasteiger charge is 2.23. The number of amides is 2. The molecule has 1 aliphatic heterocycles. The average Bonchev–Trinajstić information content (AvgIpc) is 2.69. The second kappa shape index (κ2) is 9.19. The Hall–Kier alpha value is -2.86. The number of aryl methyl sites for hydroxylation is 1. The van der Waals surface area contributed by atoms with E-state index in [0.29, 0.717) is 45.0 Å². The zero-order valence-corrected chi connectivity index (χ0v) is 15.6. The number of piperazine rings is 1. The van der Waals surface area contributed by atoms with E-state index in [2.05, 4.69) is 10.2 Å². The van der Waals surface area contributed by atoms with Crippen LogP contribution in [0.15, 0.2) is 54.6 Å². The number of ether oxygens (including phenoxy) is 1. The van der Waals surface area contributed by atoms with Crippen LogP contribution in [0.3, 0.4) is 0 Å². The molecule has 1 heterocycles. The molecular formula is C21H25N3O3. The Labute approximate surface area is 159 Å². The fraction of sp³-hybridized carbons (Fsp3) is 0.333. The third kappa shape index (κ3) is 5.82. The first-order chi connectivity index (χ1) is 13.1. The first-order valence-corrected chi connectivity index (χ1v) is 9.16. The maximum absolute atomic E-state index is 12.2. The van der Waals surface area contributed by atoms with Crippen molar-refractivity contribution >= 4 is 12.0 Å². The molecule has 2 aromatic rings. The van der Waals surface area contributed by atoms with Crippen molar-refractivity contribution in [1.29, 1.82) is 0 Å². The third-order valence-electron chi connectivity index (χ3n) is 4.56. The summed E-state index contributed by atoms with van der Waals surface area (Å²) in [5, 5.41) is 2.95. The number of carbonyl (C=O) groups is 2. The van der Waals surface area contributed by atoms with Crippen LogP contribution in [0.25, 0.3) is 0 Å². The van der Waals surface area contributed by atoms with Gasteiger partial charge in [-0.2, -0.15) is 0 Å². The van der Waals surface area contributed by atoms with Crippen LogP contribution in [0, 0.1) is 6.92 Å². The fourth-order valence-electron chi connectivity index (χ4n) is 2.91. The van der Waals surface area contributed by atoms with Gasteiger partial charge in [0.15, 0.2) is 0 Å². The van der Waals surface area contributed by atoms with Gasteiger partial charge in [0.05, 0.1) is 6.54 Å². The van der Waals surface area contributed by atoms with Gasteiger partial charge in [-0.05, 0) is 24.6 Å². The lowest BCUT2D eigenvalue weighted by molar-refractivity contribution is -0.122. The Morgan fingerprint density at radius 2 is 1.63 bits per heavy atom. The van der Waals surface area contributed by atoms with E-state index >= 15 is 0 Å². The van der Waals surface area contributed by atoms with Gasteiger partial charge in [0.1, 0.15) is 5.75 Å². The average molecular weight is 367 g/mol. The normalized spacial score (nSPS) is 14.6. The summed E-state index contributed by atoms with van der Waals surface area (Å²) in [6, 6.07) is 17.2. The van der Waals surface area contributed by atoms with Gasteiger partial charge >= 0.3 is 6.09 Å². The molecule has 0 aliphatic carbocycles. The van der Waals surface area contributed by atoms with Gasteiger partial charge in [-0.3, -0.25) is 9.69 Å². The van der Waals surface area contributed by atoms with Crippen LogP contribution >= 0.6 is 0 Å². The van der Waals surface area contributed by atoms with Crippen LogP contribution in [-0.2, 0) is 11.3 Å². The predicted molar refractivity (Wildman–Crippen MR) is 104 cm³/mol. The van der Waals surface area contributed by atoms with Crippen molar-refractivity contribution in [2.24, 2.45) is 0 Å². The summed E-state index contributed by atoms with van der Waals surface area (Å²) in [6.45, 7) is 5.32. The van der Waals surface area contributed by atoms with Gasteiger partial charge in [0, 0.05) is 32.7 Å². The molecule has 6 heteroatoms. The molecule has 1 saturated heterocycles. The molecule has 0 spiro atoms. The van der Waals surface area contributed by atoms with E-state index in [1.165, 1.54) is 5.56 Å². The van der Waals surface area contributed by atoms with Crippen molar-refractivity contribution in [1.82, 2.24) is 15.1 Å². The molecular weight excluding hydrogens is 342 g/mol. The lowest BCUT2D eigenvalue weighted by atomic mass is 10.1. The number of carbonyl (C=O) groups excluding carboxylic acids is 2. The van der Waals surface area contributed by atoms with Gasteiger partial charge in [-0.25, -0.2) is 4.79 Å². The summed E-state index contributed by atoms with van der Waals surface area (Å²) in [6.07, 6.45) is -0.343. The Morgan fingerprint density at radius 1 is 0.963 bits per heavy atom. The maximum atomic E-state index is 12.2. The summed E-state index contributed by atoms with van der Waals surface area (Å²) < 4.78 is 5.36. The highest BCUT2D eigenvalue weighted by atomic mass is 16.6. The van der Waals surface area contributed by atoms with E-state index in [0.717, 1.165) is 5.56 Å². The van der Waals surface area contributed by atoms with Crippen LogP contribution in [0.4, 0.5) is 4.79 Å². The molecule has 27 heavy (non-hydrogen) atoms. The van der Waals surface area contributed by atoms with E-state index in [-0.39, 0.29) is 12.0 Å². The lowest BCUT2D eigenvalue weighted by Crippen LogP contribution is -2.51. The van der Waals surface area contributed by atoms with Crippen molar-refractivity contribution in [3.05, 3.63) is 65.7 Å². The Kier molecular flexibility index (Phi) is 6.44. The Bertz CT molecular complexity index is 754. The third-order valence-corrected chi connectivity index (χ3v) is 4.56. The SMILES string of the molecule is Cc1ccc(CNC(=O)CN2CCN(C(=O)Oc3ccccc3)CC2)cc1. The van der Waals surface area contributed by atoms with Gasteiger partial charge in [0.2, 0.25) is 5.91 Å². The second-order valence-electron chi connectivity index (χ2n) is 6.71. The molecule has 2 aromatic carbocycles. The van der Waals surface area contributed by atoms with Crippen LogP contribution < -0.4 is 10.1 Å². The number of nitrogens with zero attached hydrogens (tertiary/aromatic N) is 2. The van der Waals surface area contributed by atoms with Crippen molar-refractivity contribution in [2.45, 2.75) is 13.5 Å². The minimum absolute atomic E-state index is 0.00381. The summed E-state index contributed by atoms with van der Waals surface area (Å²) in [5.74, 6) is 0.538. The van der Waals surface area contributed by atoms with E-state index in [1.807, 2.05) is 49.4 Å². The van der Waals surface area contributed by atoms with Crippen molar-refractivity contribution in [2.75, 3.05) is 32.7 Å². The van der Waals surface area contributed by atoms with Crippen LogP contribution in [0.5, 0.6) is 5.75 Å². The van der Waals surface area contributed by atoms with Gasteiger partial charge in [-0.15, -0.1) is 0 Å². The summed E-state index contributed by atoms with van der Waals surface area (Å²) >= 11 is 0. The molecule has 0 atom stereocenters. The molecule has 1 aliphatic rings. The zero-order valence-electron chi connectivity index (χ0n) is 15.6. The number of para-hydroxylation sites is 1. The van der Waals surface area contributed by atoms with Gasteiger partial charge < -0.3 is 15.0 Å². The largest absolute Gasteiger partial charge is 0.415 e. The molecule has 1 N–H and O–H groups in total. The fourth-order valence-corrected chi connectivity index (χ4v) is 2.91. The van der Waals surface area contributed by atoms with Gasteiger partial charge in [-0.1, -0.05) is 48.0 Å². The minimum atomic E-state index is -0.343. The van der Waals surface area contributed by atoms with E-state index < -0.39 is 0 Å². The highest BCUT2D eigenvalue weighted by Crippen LogP contribution is 2.11. The first kappa shape index (κ1) is 18.9. The standard InChI is InChI=1S/C21H25N3O3/c1-17-7-9-18(10-8-17)15-22-20(25)16-23-11-13-24(14-12-23)21(26)27-19-5-3-2-4-6-19/h2-10H,11-16H2,1H3,(H,22,25). The topological polar surface area (TPSA) is 61.9 Å². The number of hydrogen-bond acceptors (Lipinski definition) is 4. The van der Waals surface area contributed by atoms with Crippen molar-refractivity contribution < 1.29 is 14.3 Å². The van der Waals surface area contributed by atoms with Crippen molar-refractivity contribution in [3.63, 3.8) is 0 Å². The van der Waals surface area contributed by atoms with E-state index in [9.17, 15) is 9.59 Å². The molecule has 1 fully saturated rings. The minimum Gasteiger partial charge on any atom is -0.410 e. The molecule has 0 bridgehead atoms. The molecule has 0 radical (unpaired) electrons. The summed E-state index contributed by atoms with van der Waals surface area (Å²) in [7, 11) is 0. The molecule has 0 saturated carbocycles. The second-order valence-corrected chi connectivity index (χ2v) is 6.71. The molecule has 142 valence electrons. The Morgan fingerprint density at radius 3 is 2.30 bits per heavy atom. The van der Waals surface area contributed by atoms with E-state index in [4.69, 9.17) is 4.74 Å². The molecule has 3 rings (SSSR count). The van der Waals surface area contributed by atoms with Crippen LogP contribution in [0.1, 0.15) is 11.1 Å². The quantitative estimate of drug-likeness (QED) is 0.882. The number of benzene rings is 2. The van der Waals surface area contributed by atoms with Crippen LogP contribution in [0.2, 0.25) is 0 Å². The Balaban J connectivity index is 1.38. The summed E-state index contributed by atoms with van der Waals surface area (Å²) in [5.41, 5.74) is 2.29. The number of nitrogens with one attached hydrogen (secondary N) is 1. The number of hydrogen-bond donors (Lipinski definition) is 1. The van der Waals surface area contributed by atoms with Crippen LogP contribution in [-0.4, -0.2) is 54.5 Å².